The van der Waals surface area contributed by atoms with E-state index in [0.717, 1.165) is 0 Å². The zero-order chi connectivity index (χ0) is 14.5. The predicted molar refractivity (Wildman–Crippen MR) is 74.2 cm³/mol. The third kappa shape index (κ3) is 5.40. The molecule has 0 aliphatic rings. The lowest BCUT2D eigenvalue weighted by atomic mass is 10.1. The van der Waals surface area contributed by atoms with Gasteiger partial charge in [0.05, 0.1) is 17.8 Å². The summed E-state index contributed by atoms with van der Waals surface area (Å²) in [5, 5.41) is 5.39. The van der Waals surface area contributed by atoms with Crippen molar-refractivity contribution in [3.8, 4) is 11.8 Å². The Morgan fingerprint density at radius 2 is 2.11 bits per heavy atom. The molecule has 4 N–H and O–H groups in total. The highest BCUT2D eigenvalue weighted by atomic mass is 19.1. The average molecular weight is 263 g/mol. The van der Waals surface area contributed by atoms with Crippen LogP contribution in [0.25, 0.3) is 0 Å². The Balaban J connectivity index is 2.91. The summed E-state index contributed by atoms with van der Waals surface area (Å²) in [5.74, 6) is 4.94. The summed E-state index contributed by atoms with van der Waals surface area (Å²) in [6.45, 7) is 5.77. The molecule has 0 saturated carbocycles. The Kier molecular flexibility index (Phi) is 4.90. The number of rotatable bonds is 1. The van der Waals surface area contributed by atoms with Crippen LogP contribution in [0.5, 0.6) is 0 Å². The minimum atomic E-state index is -0.414. The van der Waals surface area contributed by atoms with E-state index in [2.05, 4.69) is 22.5 Å². The maximum absolute atomic E-state index is 13.2. The topological polar surface area (TPSA) is 67.2 Å². The van der Waals surface area contributed by atoms with E-state index >= 15 is 0 Å². The van der Waals surface area contributed by atoms with E-state index in [1.54, 1.807) is 0 Å². The van der Waals surface area contributed by atoms with E-state index in [-0.39, 0.29) is 18.1 Å². The van der Waals surface area contributed by atoms with Gasteiger partial charge in [-0.3, -0.25) is 0 Å². The second kappa shape index (κ2) is 6.21. The van der Waals surface area contributed by atoms with Crippen molar-refractivity contribution < 1.29 is 9.18 Å². The Morgan fingerprint density at radius 3 is 2.68 bits per heavy atom. The summed E-state index contributed by atoms with van der Waals surface area (Å²) >= 11 is 0. The van der Waals surface area contributed by atoms with E-state index in [9.17, 15) is 9.18 Å². The van der Waals surface area contributed by atoms with Crippen molar-refractivity contribution in [1.29, 1.82) is 0 Å². The van der Waals surface area contributed by atoms with Crippen LogP contribution in [0.2, 0.25) is 0 Å². The van der Waals surface area contributed by atoms with Crippen LogP contribution >= 0.6 is 0 Å². The molecule has 102 valence electrons. The molecule has 0 atom stereocenters. The molecule has 0 radical (unpaired) electrons. The van der Waals surface area contributed by atoms with Gasteiger partial charge in [-0.15, -0.1) is 0 Å². The van der Waals surface area contributed by atoms with Crippen LogP contribution < -0.4 is 16.4 Å². The quantitative estimate of drug-likeness (QED) is 0.679. The van der Waals surface area contributed by atoms with Gasteiger partial charge in [0, 0.05) is 5.54 Å². The van der Waals surface area contributed by atoms with Gasteiger partial charge in [-0.1, -0.05) is 11.8 Å². The van der Waals surface area contributed by atoms with Crippen LogP contribution in [-0.2, 0) is 0 Å². The van der Waals surface area contributed by atoms with E-state index in [4.69, 9.17) is 5.73 Å². The van der Waals surface area contributed by atoms with Crippen molar-refractivity contribution in [3.05, 3.63) is 29.6 Å². The van der Waals surface area contributed by atoms with Crippen molar-refractivity contribution in [1.82, 2.24) is 5.32 Å². The number of nitrogens with one attached hydrogen (secondary N) is 2. The first kappa shape index (κ1) is 15.0. The fourth-order valence-corrected chi connectivity index (χ4v) is 1.37. The highest BCUT2D eigenvalue weighted by Crippen LogP contribution is 2.16. The fourth-order valence-electron chi connectivity index (χ4n) is 1.37. The molecular formula is C14H18FN3O. The molecule has 1 aromatic carbocycles. The number of anilines is 1. The van der Waals surface area contributed by atoms with E-state index in [1.807, 2.05) is 20.8 Å². The molecule has 0 fully saturated rings. The maximum Gasteiger partial charge on any atom is 0.319 e. The van der Waals surface area contributed by atoms with Crippen molar-refractivity contribution in [3.63, 3.8) is 0 Å². The fraction of sp³-hybridized carbons (Fsp3) is 0.357. The maximum atomic E-state index is 13.2. The molecule has 19 heavy (non-hydrogen) atoms. The van der Waals surface area contributed by atoms with E-state index < -0.39 is 5.82 Å². The summed E-state index contributed by atoms with van der Waals surface area (Å²) in [6, 6.07) is 3.63. The van der Waals surface area contributed by atoms with Crippen LogP contribution in [0.3, 0.4) is 0 Å². The molecule has 0 bridgehead atoms. The molecule has 1 aromatic rings. The number of benzene rings is 1. The number of carbonyl (C=O) groups is 1. The average Bonchev–Trinajstić information content (AvgIpc) is 2.27. The molecule has 0 unspecified atom stereocenters. The Morgan fingerprint density at radius 1 is 1.42 bits per heavy atom. The first-order valence-corrected chi connectivity index (χ1v) is 5.89. The minimum absolute atomic E-state index is 0.171. The van der Waals surface area contributed by atoms with Gasteiger partial charge >= 0.3 is 6.03 Å². The molecule has 0 aliphatic heterocycles. The summed E-state index contributed by atoms with van der Waals surface area (Å²) in [7, 11) is 0. The Labute approximate surface area is 112 Å². The molecule has 2 amide bonds. The molecule has 0 saturated heterocycles. The van der Waals surface area contributed by atoms with Gasteiger partial charge in [-0.25, -0.2) is 9.18 Å². The third-order valence-electron chi connectivity index (χ3n) is 2.04. The Hall–Kier alpha value is -2.06. The van der Waals surface area contributed by atoms with Crippen molar-refractivity contribution in [2.24, 2.45) is 5.73 Å². The van der Waals surface area contributed by atoms with Crippen LogP contribution in [-0.4, -0.2) is 18.1 Å². The van der Waals surface area contributed by atoms with E-state index in [1.165, 1.54) is 18.2 Å². The number of hydrogen-bond donors (Lipinski definition) is 3. The Bertz CT molecular complexity index is 524. The van der Waals surface area contributed by atoms with Crippen LogP contribution in [0.4, 0.5) is 14.9 Å². The highest BCUT2D eigenvalue weighted by molar-refractivity contribution is 5.91. The first-order chi connectivity index (χ1) is 8.81. The van der Waals surface area contributed by atoms with Crippen LogP contribution in [0, 0.1) is 17.7 Å². The van der Waals surface area contributed by atoms with E-state index in [0.29, 0.717) is 11.3 Å². The van der Waals surface area contributed by atoms with Gasteiger partial charge in [-0.05, 0) is 39.0 Å². The lowest BCUT2D eigenvalue weighted by molar-refractivity contribution is 0.244. The molecule has 0 aromatic heterocycles. The van der Waals surface area contributed by atoms with Gasteiger partial charge in [0.25, 0.3) is 0 Å². The van der Waals surface area contributed by atoms with Crippen molar-refractivity contribution in [2.75, 3.05) is 11.9 Å². The monoisotopic (exact) mass is 263 g/mol. The molecule has 0 heterocycles. The first-order valence-electron chi connectivity index (χ1n) is 5.89. The second-order valence-corrected chi connectivity index (χ2v) is 5.02. The van der Waals surface area contributed by atoms with Crippen LogP contribution in [0.1, 0.15) is 26.3 Å². The van der Waals surface area contributed by atoms with Gasteiger partial charge in [0.1, 0.15) is 5.82 Å². The molecule has 0 aliphatic carbocycles. The van der Waals surface area contributed by atoms with Crippen molar-refractivity contribution in [2.45, 2.75) is 26.3 Å². The van der Waals surface area contributed by atoms with Gasteiger partial charge < -0.3 is 16.4 Å². The minimum Gasteiger partial charge on any atom is -0.333 e. The molecule has 0 spiro atoms. The van der Waals surface area contributed by atoms with Crippen LogP contribution in [0.15, 0.2) is 18.2 Å². The lowest BCUT2D eigenvalue weighted by Gasteiger charge is -2.21. The number of carbonyl (C=O) groups excluding carboxylic acids is 1. The van der Waals surface area contributed by atoms with Crippen molar-refractivity contribution >= 4 is 11.7 Å². The third-order valence-corrected chi connectivity index (χ3v) is 2.04. The lowest BCUT2D eigenvalue weighted by Crippen LogP contribution is -2.43. The molecule has 1 rings (SSSR count). The number of urea groups is 1. The van der Waals surface area contributed by atoms with Gasteiger partial charge in [0.2, 0.25) is 0 Å². The summed E-state index contributed by atoms with van der Waals surface area (Å²) in [5.41, 5.74) is 5.77. The number of nitrogens with two attached hydrogens (primary N) is 1. The predicted octanol–water partition coefficient (Wildman–Crippen LogP) is 2.06. The van der Waals surface area contributed by atoms with Gasteiger partial charge in [0.15, 0.2) is 0 Å². The SMILES string of the molecule is CC(C)(C)NC(=O)Nc1ccc(F)cc1C#CCN. The highest BCUT2D eigenvalue weighted by Gasteiger charge is 2.14. The standard InChI is InChI=1S/C14H18FN3O/c1-14(2,3)18-13(19)17-12-7-6-11(15)9-10(12)5-4-8-16/h6-7,9H,8,16H2,1-3H3,(H2,17,18,19). The number of halogens is 1. The molecule has 4 nitrogen and oxygen atoms in total. The normalized spacial score (nSPS) is 10.4. The number of amides is 2. The summed E-state index contributed by atoms with van der Waals surface area (Å²) < 4.78 is 13.2. The number of hydrogen-bond acceptors (Lipinski definition) is 2. The molecular weight excluding hydrogens is 245 g/mol. The zero-order valence-electron chi connectivity index (χ0n) is 11.3. The summed E-state index contributed by atoms with van der Waals surface area (Å²) in [6.07, 6.45) is 0. The summed E-state index contributed by atoms with van der Waals surface area (Å²) in [4.78, 5) is 11.8. The zero-order valence-corrected chi connectivity index (χ0v) is 11.3. The molecule has 5 heteroatoms. The van der Waals surface area contributed by atoms with Gasteiger partial charge in [-0.2, -0.15) is 0 Å². The second-order valence-electron chi connectivity index (χ2n) is 5.02. The largest absolute Gasteiger partial charge is 0.333 e. The smallest absolute Gasteiger partial charge is 0.319 e.